The van der Waals surface area contributed by atoms with Gasteiger partial charge in [0.1, 0.15) is 0 Å². The highest BCUT2D eigenvalue weighted by molar-refractivity contribution is 5.55. The molecule has 1 heterocycles. The number of rotatable bonds is 7. The van der Waals surface area contributed by atoms with Gasteiger partial charge in [-0.25, -0.2) is 0 Å². The van der Waals surface area contributed by atoms with Crippen molar-refractivity contribution in [2.45, 2.75) is 53.1 Å². The summed E-state index contributed by atoms with van der Waals surface area (Å²) in [5.74, 6) is 0.688. The van der Waals surface area contributed by atoms with Crippen molar-refractivity contribution in [1.29, 1.82) is 0 Å². The van der Waals surface area contributed by atoms with Crippen molar-refractivity contribution in [3.05, 3.63) is 23.5 Å². The van der Waals surface area contributed by atoms with Crippen molar-refractivity contribution >= 4 is 5.69 Å². The molecule has 106 valence electrons. The van der Waals surface area contributed by atoms with E-state index in [2.05, 4.69) is 49.0 Å². The number of nitrogens with one attached hydrogen (secondary N) is 1. The molecule has 0 bridgehead atoms. The van der Waals surface area contributed by atoms with Gasteiger partial charge >= 0.3 is 0 Å². The largest absolute Gasteiger partial charge is 0.368 e. The Kier molecular flexibility index (Phi) is 4.81. The van der Waals surface area contributed by atoms with Crippen molar-refractivity contribution in [1.82, 2.24) is 10.3 Å². The number of pyridine rings is 1. The van der Waals surface area contributed by atoms with E-state index < -0.39 is 0 Å². The van der Waals surface area contributed by atoms with Gasteiger partial charge in [0.15, 0.2) is 0 Å². The van der Waals surface area contributed by atoms with Crippen LogP contribution >= 0.6 is 0 Å². The predicted molar refractivity (Wildman–Crippen MR) is 81.6 cm³/mol. The molecule has 3 nitrogen and oxygen atoms in total. The minimum Gasteiger partial charge on any atom is -0.368 e. The SMILES string of the molecule is CCN(c1cc(C)ncc1CNCC(C)C)C1CC1. The van der Waals surface area contributed by atoms with Gasteiger partial charge in [0.05, 0.1) is 0 Å². The maximum atomic E-state index is 4.47. The van der Waals surface area contributed by atoms with Gasteiger partial charge in [-0.15, -0.1) is 0 Å². The molecule has 1 saturated carbocycles. The van der Waals surface area contributed by atoms with Crippen LogP contribution in [-0.2, 0) is 6.54 Å². The highest BCUT2D eigenvalue weighted by atomic mass is 15.2. The fourth-order valence-electron chi connectivity index (χ4n) is 2.48. The van der Waals surface area contributed by atoms with Crippen molar-refractivity contribution in [3.8, 4) is 0 Å². The van der Waals surface area contributed by atoms with Crippen LogP contribution in [0.4, 0.5) is 5.69 Å². The summed E-state index contributed by atoms with van der Waals surface area (Å²) in [4.78, 5) is 7.01. The Bertz CT molecular complexity index is 410. The number of nitrogens with zero attached hydrogens (tertiary/aromatic N) is 2. The lowest BCUT2D eigenvalue weighted by atomic mass is 10.1. The Morgan fingerprint density at radius 1 is 1.42 bits per heavy atom. The zero-order chi connectivity index (χ0) is 13.8. The van der Waals surface area contributed by atoms with Crippen molar-refractivity contribution < 1.29 is 0 Å². The van der Waals surface area contributed by atoms with Gasteiger partial charge < -0.3 is 10.2 Å². The van der Waals surface area contributed by atoms with E-state index in [0.29, 0.717) is 5.92 Å². The molecule has 1 aromatic rings. The third-order valence-corrected chi connectivity index (χ3v) is 3.60. The molecule has 19 heavy (non-hydrogen) atoms. The topological polar surface area (TPSA) is 28.2 Å². The van der Waals surface area contributed by atoms with Crippen LogP contribution in [-0.4, -0.2) is 24.1 Å². The molecule has 1 fully saturated rings. The van der Waals surface area contributed by atoms with Gasteiger partial charge in [-0.05, 0) is 45.2 Å². The molecule has 0 amide bonds. The minimum atomic E-state index is 0.688. The van der Waals surface area contributed by atoms with Crippen molar-refractivity contribution in [2.75, 3.05) is 18.0 Å². The molecule has 0 aromatic carbocycles. The maximum absolute atomic E-state index is 4.47. The van der Waals surface area contributed by atoms with Crippen LogP contribution < -0.4 is 10.2 Å². The smallest absolute Gasteiger partial charge is 0.0447 e. The first kappa shape index (κ1) is 14.3. The molecular formula is C16H27N3. The number of aryl methyl sites for hydroxylation is 1. The molecule has 3 heteroatoms. The number of aromatic nitrogens is 1. The molecular weight excluding hydrogens is 234 g/mol. The third kappa shape index (κ3) is 3.93. The van der Waals surface area contributed by atoms with E-state index in [0.717, 1.165) is 31.4 Å². The van der Waals surface area contributed by atoms with Crippen LogP contribution in [0.3, 0.4) is 0 Å². The third-order valence-electron chi connectivity index (χ3n) is 3.60. The molecule has 0 saturated heterocycles. The van der Waals surface area contributed by atoms with Gasteiger partial charge in [-0.3, -0.25) is 4.98 Å². The van der Waals surface area contributed by atoms with Gasteiger partial charge in [0.25, 0.3) is 0 Å². The van der Waals surface area contributed by atoms with E-state index in [4.69, 9.17) is 0 Å². The van der Waals surface area contributed by atoms with Crippen LogP contribution in [0.5, 0.6) is 0 Å². The number of anilines is 1. The van der Waals surface area contributed by atoms with Crippen LogP contribution in [0, 0.1) is 12.8 Å². The fourth-order valence-corrected chi connectivity index (χ4v) is 2.48. The summed E-state index contributed by atoms with van der Waals surface area (Å²) in [5.41, 5.74) is 3.83. The summed E-state index contributed by atoms with van der Waals surface area (Å²) < 4.78 is 0. The first-order valence-electron chi connectivity index (χ1n) is 7.54. The van der Waals surface area contributed by atoms with Crippen LogP contribution in [0.1, 0.15) is 44.9 Å². The first-order valence-corrected chi connectivity index (χ1v) is 7.54. The average molecular weight is 261 g/mol. The number of hydrogen-bond donors (Lipinski definition) is 1. The lowest BCUT2D eigenvalue weighted by Crippen LogP contribution is -2.28. The van der Waals surface area contributed by atoms with Crippen LogP contribution in [0.2, 0.25) is 0 Å². The highest BCUT2D eigenvalue weighted by Gasteiger charge is 2.29. The lowest BCUT2D eigenvalue weighted by molar-refractivity contribution is 0.551. The monoisotopic (exact) mass is 261 g/mol. The zero-order valence-corrected chi connectivity index (χ0v) is 12.7. The molecule has 1 aromatic heterocycles. The van der Waals surface area contributed by atoms with E-state index in [1.807, 2.05) is 6.20 Å². The molecule has 1 aliphatic rings. The Morgan fingerprint density at radius 2 is 2.16 bits per heavy atom. The second-order valence-electron chi connectivity index (χ2n) is 6.00. The van der Waals surface area contributed by atoms with E-state index in [9.17, 15) is 0 Å². The summed E-state index contributed by atoms with van der Waals surface area (Å²) in [6, 6.07) is 3.00. The van der Waals surface area contributed by atoms with Gasteiger partial charge in [0.2, 0.25) is 0 Å². The summed E-state index contributed by atoms with van der Waals surface area (Å²) in [5, 5.41) is 3.53. The predicted octanol–water partition coefficient (Wildman–Crippen LogP) is 3.12. The summed E-state index contributed by atoms with van der Waals surface area (Å²) in [7, 11) is 0. The summed E-state index contributed by atoms with van der Waals surface area (Å²) in [6.45, 7) is 11.9. The van der Waals surface area contributed by atoms with Crippen molar-refractivity contribution in [2.24, 2.45) is 5.92 Å². The van der Waals surface area contributed by atoms with Gasteiger partial charge in [-0.1, -0.05) is 13.8 Å². The van der Waals surface area contributed by atoms with Gasteiger partial charge in [0, 0.05) is 42.3 Å². The summed E-state index contributed by atoms with van der Waals surface area (Å²) >= 11 is 0. The van der Waals surface area contributed by atoms with E-state index in [1.165, 1.54) is 24.1 Å². The van der Waals surface area contributed by atoms with Gasteiger partial charge in [-0.2, -0.15) is 0 Å². The summed E-state index contributed by atoms with van der Waals surface area (Å²) in [6.07, 6.45) is 4.73. The Hall–Kier alpha value is -1.09. The number of hydrogen-bond acceptors (Lipinski definition) is 3. The van der Waals surface area contributed by atoms with E-state index >= 15 is 0 Å². The molecule has 1 N–H and O–H groups in total. The van der Waals surface area contributed by atoms with Crippen LogP contribution in [0.25, 0.3) is 0 Å². The maximum Gasteiger partial charge on any atom is 0.0447 e. The Morgan fingerprint density at radius 3 is 2.74 bits per heavy atom. The first-order chi connectivity index (χ1) is 9.11. The Balaban J connectivity index is 2.12. The minimum absolute atomic E-state index is 0.688. The fraction of sp³-hybridized carbons (Fsp3) is 0.688. The van der Waals surface area contributed by atoms with E-state index in [-0.39, 0.29) is 0 Å². The Labute approximate surface area is 117 Å². The molecule has 0 unspecified atom stereocenters. The molecule has 0 aliphatic heterocycles. The standard InChI is InChI=1S/C16H27N3/c1-5-19(15-6-7-15)16-8-13(4)18-11-14(16)10-17-9-12(2)3/h8,11-12,15,17H,5-7,9-10H2,1-4H3. The molecule has 0 radical (unpaired) electrons. The van der Waals surface area contributed by atoms with Crippen LogP contribution in [0.15, 0.2) is 12.3 Å². The van der Waals surface area contributed by atoms with Crippen molar-refractivity contribution in [3.63, 3.8) is 0 Å². The quantitative estimate of drug-likeness (QED) is 0.817. The highest BCUT2D eigenvalue weighted by Crippen LogP contribution is 2.33. The lowest BCUT2D eigenvalue weighted by Gasteiger charge is -2.26. The average Bonchev–Trinajstić information content (AvgIpc) is 3.17. The molecule has 1 aliphatic carbocycles. The zero-order valence-electron chi connectivity index (χ0n) is 12.7. The second-order valence-corrected chi connectivity index (χ2v) is 6.00. The normalized spacial score (nSPS) is 15.0. The molecule has 0 spiro atoms. The van der Waals surface area contributed by atoms with E-state index in [1.54, 1.807) is 0 Å². The second kappa shape index (κ2) is 6.38. The molecule has 0 atom stereocenters. The molecule has 2 rings (SSSR count).